The van der Waals surface area contributed by atoms with Crippen LogP contribution in [-0.4, -0.2) is 70.1 Å². The van der Waals surface area contributed by atoms with Gasteiger partial charge in [0.25, 0.3) is 0 Å². The monoisotopic (exact) mass is 621 g/mol. The van der Waals surface area contributed by atoms with Crippen molar-refractivity contribution < 1.29 is 33.1 Å². The van der Waals surface area contributed by atoms with Gasteiger partial charge >= 0.3 is 0 Å². The van der Waals surface area contributed by atoms with Crippen LogP contribution in [-0.2, 0) is 25.7 Å². The second-order valence-electron chi connectivity index (χ2n) is 12.9. The molecule has 0 amide bonds. The van der Waals surface area contributed by atoms with E-state index in [-0.39, 0.29) is 35.2 Å². The number of halogens is 3. The van der Waals surface area contributed by atoms with Gasteiger partial charge in [0.15, 0.2) is 17.1 Å². The maximum absolute atomic E-state index is 17.6. The molecule has 6 nitrogen and oxygen atoms in total. The molecule has 10 heteroatoms. The van der Waals surface area contributed by atoms with Crippen LogP contribution in [0.5, 0.6) is 0 Å². The molecule has 0 aromatic heterocycles. The van der Waals surface area contributed by atoms with Gasteiger partial charge in [0.1, 0.15) is 6.17 Å². The highest BCUT2D eigenvalue weighted by atomic mass is 35.5. The fraction of sp³-hybridized carbons (Fsp3) is 0.625. The summed E-state index contributed by atoms with van der Waals surface area (Å²) in [6.07, 6.45) is 1.20. The Morgan fingerprint density at radius 1 is 1.24 bits per heavy atom. The van der Waals surface area contributed by atoms with Crippen LogP contribution in [0.3, 0.4) is 0 Å². The lowest BCUT2D eigenvalue weighted by atomic mass is 9.44. The number of ketones is 1. The minimum absolute atomic E-state index is 0.0185. The fourth-order valence-corrected chi connectivity index (χ4v) is 10.2. The number of hydrogen-bond donors (Lipinski definition) is 1. The number of aliphatic hydroxyl groups excluding tert-OH is 1. The molecule has 0 spiro atoms. The molecular formula is C32H38ClF2NO5S. The number of ether oxygens (including phenoxy) is 1. The van der Waals surface area contributed by atoms with E-state index >= 15 is 8.78 Å². The molecule has 0 bridgehead atoms. The quantitative estimate of drug-likeness (QED) is 0.394. The molecular weight excluding hydrogens is 584 g/mol. The van der Waals surface area contributed by atoms with Crippen molar-refractivity contribution in [3.8, 4) is 0 Å². The number of aliphatic hydroxyl groups is 1. The van der Waals surface area contributed by atoms with Crippen LogP contribution < -0.4 is 0 Å². The van der Waals surface area contributed by atoms with Crippen molar-refractivity contribution in [3.05, 3.63) is 58.7 Å². The molecule has 1 aromatic carbocycles. The van der Waals surface area contributed by atoms with Crippen molar-refractivity contribution in [1.82, 2.24) is 5.06 Å². The number of nitrogens with zero attached hydrogens (tertiary/aromatic N) is 1. The lowest BCUT2D eigenvalue weighted by Crippen LogP contribution is -2.70. The third-order valence-corrected chi connectivity index (χ3v) is 12.1. The highest BCUT2D eigenvalue weighted by Gasteiger charge is 2.79. The number of benzene rings is 1. The molecule has 4 aliphatic carbocycles. The Morgan fingerprint density at radius 3 is 2.69 bits per heavy atom. The highest BCUT2D eigenvalue weighted by molar-refractivity contribution is 8.13. The van der Waals surface area contributed by atoms with Gasteiger partial charge in [-0.05, 0) is 74.4 Å². The van der Waals surface area contributed by atoms with Crippen molar-refractivity contribution in [2.45, 2.75) is 70.1 Å². The first kappa shape index (κ1) is 30.4. The van der Waals surface area contributed by atoms with Gasteiger partial charge in [-0.25, -0.2) is 8.78 Å². The fourth-order valence-electron chi connectivity index (χ4n) is 8.99. The Kier molecular flexibility index (Phi) is 7.80. The van der Waals surface area contributed by atoms with Gasteiger partial charge in [-0.2, -0.15) is 5.06 Å². The van der Waals surface area contributed by atoms with Gasteiger partial charge in [-0.1, -0.05) is 48.5 Å². The van der Waals surface area contributed by atoms with Crippen LogP contribution in [0.25, 0.3) is 0 Å². The van der Waals surface area contributed by atoms with E-state index in [0.717, 1.165) is 17.3 Å². The molecule has 0 radical (unpaired) electrons. The van der Waals surface area contributed by atoms with Gasteiger partial charge in [0, 0.05) is 53.1 Å². The van der Waals surface area contributed by atoms with Crippen LogP contribution in [0.15, 0.2) is 48.1 Å². The summed E-state index contributed by atoms with van der Waals surface area (Å²) in [6.45, 7) is 7.24. The van der Waals surface area contributed by atoms with Crippen molar-refractivity contribution >= 4 is 34.3 Å². The minimum atomic E-state index is -2.20. The van der Waals surface area contributed by atoms with Crippen molar-refractivity contribution in [2.24, 2.45) is 28.6 Å². The van der Waals surface area contributed by atoms with Crippen molar-refractivity contribution in [1.29, 1.82) is 0 Å². The molecule has 1 aliphatic heterocycles. The van der Waals surface area contributed by atoms with E-state index in [0.29, 0.717) is 43.5 Å². The zero-order chi connectivity index (χ0) is 30.1. The molecule has 0 unspecified atom stereocenters. The zero-order valence-corrected chi connectivity index (χ0v) is 25.7. The van der Waals surface area contributed by atoms with Gasteiger partial charge in [0.05, 0.1) is 12.7 Å². The minimum Gasteiger partial charge on any atom is -0.390 e. The molecule has 1 N–H and O–H groups in total. The summed E-state index contributed by atoms with van der Waals surface area (Å²) >= 11 is 7.23. The van der Waals surface area contributed by atoms with E-state index in [1.54, 1.807) is 24.1 Å². The standard InChI is InChI=1S/C32H38ClF2NO5S/c1-4-40-11-12-42-28(39)32-20(18-36(41-32)17-19-5-7-21(33)8-6-19)13-23-24-15-26(34)25-14-22(37)9-10-29(25,2)31(24,35)27(38)16-30(23,32)3/h5-10,14,20,23-24,26-27,38H,4,11-13,15-18H2,1-3H3/t20-,23-,24-,26-,27-,29-,30-,31-,32-/m0/s1. The summed E-state index contributed by atoms with van der Waals surface area (Å²) in [5.74, 6) is -1.47. The third-order valence-electron chi connectivity index (χ3n) is 10.9. The Hall–Kier alpha value is -1.62. The molecule has 9 atom stereocenters. The smallest absolute Gasteiger partial charge is 0.223 e. The number of carbonyl (C=O) groups is 2. The second kappa shape index (κ2) is 10.8. The van der Waals surface area contributed by atoms with Crippen LogP contribution >= 0.6 is 23.4 Å². The zero-order valence-electron chi connectivity index (χ0n) is 24.2. The molecule has 1 aromatic rings. The van der Waals surface area contributed by atoms with E-state index < -0.39 is 46.2 Å². The number of thioether (sulfide) groups is 1. The van der Waals surface area contributed by atoms with Crippen LogP contribution in [0, 0.1) is 28.6 Å². The van der Waals surface area contributed by atoms with Gasteiger partial charge in [0.2, 0.25) is 5.12 Å². The average molecular weight is 622 g/mol. The summed E-state index contributed by atoms with van der Waals surface area (Å²) in [7, 11) is 0. The highest BCUT2D eigenvalue weighted by Crippen LogP contribution is 2.73. The van der Waals surface area contributed by atoms with E-state index in [4.69, 9.17) is 21.2 Å². The summed E-state index contributed by atoms with van der Waals surface area (Å²) in [5.41, 5.74) is -4.86. The number of allylic oxidation sites excluding steroid dienone is 4. The van der Waals surface area contributed by atoms with Crippen molar-refractivity contribution in [2.75, 3.05) is 25.5 Å². The lowest BCUT2D eigenvalue weighted by Gasteiger charge is -2.63. The Labute approximate surface area is 254 Å². The molecule has 6 rings (SSSR count). The normalized spacial score (nSPS) is 42.5. The van der Waals surface area contributed by atoms with Gasteiger partial charge in [-0.15, -0.1) is 0 Å². The largest absolute Gasteiger partial charge is 0.390 e. The van der Waals surface area contributed by atoms with Crippen molar-refractivity contribution in [3.63, 3.8) is 0 Å². The molecule has 5 aliphatic rings. The topological polar surface area (TPSA) is 76.1 Å². The molecule has 4 fully saturated rings. The molecule has 3 saturated carbocycles. The van der Waals surface area contributed by atoms with E-state index in [2.05, 4.69) is 0 Å². The Morgan fingerprint density at radius 2 is 1.98 bits per heavy atom. The molecule has 1 heterocycles. The first-order valence-electron chi connectivity index (χ1n) is 14.8. The number of hydroxylamine groups is 2. The number of fused-ring (bicyclic) bond motifs is 7. The summed E-state index contributed by atoms with van der Waals surface area (Å²) in [5, 5.41) is 14.0. The number of carbonyl (C=O) groups excluding carboxylic acids is 2. The van der Waals surface area contributed by atoms with Crippen LogP contribution in [0.1, 0.15) is 45.6 Å². The molecule has 1 saturated heterocycles. The van der Waals surface area contributed by atoms with Gasteiger partial charge in [-0.3, -0.25) is 14.4 Å². The summed E-state index contributed by atoms with van der Waals surface area (Å²) in [6, 6.07) is 7.44. The summed E-state index contributed by atoms with van der Waals surface area (Å²) < 4.78 is 39.0. The molecule has 228 valence electrons. The summed E-state index contributed by atoms with van der Waals surface area (Å²) in [4.78, 5) is 33.2. The van der Waals surface area contributed by atoms with E-state index in [1.165, 1.54) is 18.2 Å². The average Bonchev–Trinajstić information content (AvgIpc) is 3.43. The molecule has 42 heavy (non-hydrogen) atoms. The maximum atomic E-state index is 17.6. The van der Waals surface area contributed by atoms with E-state index in [9.17, 15) is 14.7 Å². The van der Waals surface area contributed by atoms with Crippen LogP contribution in [0.4, 0.5) is 8.78 Å². The Balaban J connectivity index is 1.37. The predicted molar refractivity (Wildman–Crippen MR) is 157 cm³/mol. The van der Waals surface area contributed by atoms with E-state index in [1.807, 2.05) is 26.0 Å². The first-order chi connectivity index (χ1) is 19.9. The lowest BCUT2D eigenvalue weighted by molar-refractivity contribution is -0.266. The Bertz CT molecular complexity index is 1330. The van der Waals surface area contributed by atoms with Crippen LogP contribution in [0.2, 0.25) is 5.02 Å². The second-order valence-corrected chi connectivity index (χ2v) is 14.4. The number of rotatable bonds is 7. The van der Waals surface area contributed by atoms with Gasteiger partial charge < -0.3 is 9.84 Å². The first-order valence-corrected chi connectivity index (χ1v) is 16.2. The number of alkyl halides is 2. The third kappa shape index (κ3) is 4.25. The maximum Gasteiger partial charge on any atom is 0.223 e. The predicted octanol–water partition coefficient (Wildman–Crippen LogP) is 5.67. The SMILES string of the molecule is CCOCCSC(=O)[C@@]12ON(Cc3ccc(Cl)cc3)C[C@@H]1C[C@H]1[C@@H]3C[C@H](F)C4=CC(=O)C=C[C@]4(C)[C@@]3(F)[C@@H](O)C[C@@]12C. The number of hydrogen-bond acceptors (Lipinski definition) is 7.